The Hall–Kier alpha value is -0.120. The second-order valence-electron chi connectivity index (χ2n) is 6.13. The van der Waals surface area contributed by atoms with E-state index in [1.165, 1.54) is 0 Å². The molecule has 0 unspecified atom stereocenters. The molecule has 0 aliphatic carbocycles. The molecule has 0 heterocycles. The van der Waals surface area contributed by atoms with E-state index < -0.39 is 0 Å². The number of ether oxygens (including phenoxy) is 1. The van der Waals surface area contributed by atoms with Gasteiger partial charge in [0.05, 0.1) is 18.8 Å². The molecule has 0 saturated heterocycles. The number of hydrogen-bond acceptors (Lipinski definition) is 3. The Labute approximate surface area is 99.8 Å². The van der Waals surface area contributed by atoms with E-state index in [0.717, 1.165) is 6.42 Å². The Balaban J connectivity index is 4.22. The van der Waals surface area contributed by atoms with Crippen molar-refractivity contribution in [2.24, 2.45) is 11.3 Å². The fourth-order valence-corrected chi connectivity index (χ4v) is 1.88. The van der Waals surface area contributed by atoms with Crippen LogP contribution in [0.5, 0.6) is 0 Å². The maximum atomic E-state index is 9.44. The van der Waals surface area contributed by atoms with Gasteiger partial charge in [0.1, 0.15) is 0 Å². The van der Waals surface area contributed by atoms with E-state index in [1.807, 2.05) is 20.8 Å². The van der Waals surface area contributed by atoms with Crippen LogP contribution in [0.25, 0.3) is 0 Å². The molecule has 0 radical (unpaired) electrons. The normalized spacial score (nSPS) is 13.5. The highest BCUT2D eigenvalue weighted by Gasteiger charge is 2.30. The Morgan fingerprint density at radius 1 is 1.06 bits per heavy atom. The van der Waals surface area contributed by atoms with Gasteiger partial charge in [-0.05, 0) is 39.5 Å². The van der Waals surface area contributed by atoms with Gasteiger partial charge in [-0.2, -0.15) is 0 Å². The lowest BCUT2D eigenvalue weighted by Crippen LogP contribution is -2.34. The Morgan fingerprint density at radius 2 is 1.56 bits per heavy atom. The Bertz CT molecular complexity index is 178. The maximum absolute atomic E-state index is 9.44. The first kappa shape index (κ1) is 15.9. The molecule has 3 nitrogen and oxygen atoms in total. The predicted molar refractivity (Wildman–Crippen MR) is 66.4 cm³/mol. The second kappa shape index (κ2) is 6.58. The minimum absolute atomic E-state index is 0.0230. The van der Waals surface area contributed by atoms with Crippen molar-refractivity contribution in [2.45, 2.75) is 53.1 Å². The van der Waals surface area contributed by atoms with Gasteiger partial charge in [-0.3, -0.25) is 0 Å². The predicted octanol–water partition coefficient (Wildman–Crippen LogP) is 2.21. The minimum Gasteiger partial charge on any atom is -0.396 e. The molecule has 0 bridgehead atoms. The SMILES string of the molecule is CC(C)CC(CO)(CO)CCOC(C)(C)C. The van der Waals surface area contributed by atoms with Crippen molar-refractivity contribution in [1.29, 1.82) is 0 Å². The van der Waals surface area contributed by atoms with Crippen LogP contribution >= 0.6 is 0 Å². The largest absolute Gasteiger partial charge is 0.396 e. The number of aliphatic hydroxyl groups is 2. The van der Waals surface area contributed by atoms with Crippen LogP contribution in [0.2, 0.25) is 0 Å². The summed E-state index contributed by atoms with van der Waals surface area (Å²) in [5.41, 5.74) is -0.548. The smallest absolute Gasteiger partial charge is 0.0598 e. The van der Waals surface area contributed by atoms with Crippen molar-refractivity contribution in [3.63, 3.8) is 0 Å². The zero-order chi connectivity index (χ0) is 12.8. The van der Waals surface area contributed by atoms with Crippen molar-refractivity contribution in [1.82, 2.24) is 0 Å². The Morgan fingerprint density at radius 3 is 1.88 bits per heavy atom. The molecular formula is C13H28O3. The molecule has 16 heavy (non-hydrogen) atoms. The number of hydrogen-bond donors (Lipinski definition) is 2. The average molecular weight is 232 g/mol. The van der Waals surface area contributed by atoms with Crippen molar-refractivity contribution >= 4 is 0 Å². The molecule has 0 aliphatic heterocycles. The van der Waals surface area contributed by atoms with E-state index in [4.69, 9.17) is 4.74 Å². The average Bonchev–Trinajstić information content (AvgIpc) is 2.13. The van der Waals surface area contributed by atoms with E-state index in [1.54, 1.807) is 0 Å². The highest BCUT2D eigenvalue weighted by atomic mass is 16.5. The monoisotopic (exact) mass is 232 g/mol. The van der Waals surface area contributed by atoms with Crippen molar-refractivity contribution in [2.75, 3.05) is 19.8 Å². The van der Waals surface area contributed by atoms with Gasteiger partial charge in [0.2, 0.25) is 0 Å². The first-order valence-electron chi connectivity index (χ1n) is 6.10. The molecule has 0 aromatic carbocycles. The molecule has 0 fully saturated rings. The van der Waals surface area contributed by atoms with E-state index in [0.29, 0.717) is 18.9 Å². The fourth-order valence-electron chi connectivity index (χ4n) is 1.88. The molecule has 0 atom stereocenters. The fraction of sp³-hybridized carbons (Fsp3) is 1.00. The highest BCUT2D eigenvalue weighted by Crippen LogP contribution is 2.30. The zero-order valence-corrected chi connectivity index (χ0v) is 11.4. The summed E-state index contributed by atoms with van der Waals surface area (Å²) in [5, 5.41) is 18.9. The van der Waals surface area contributed by atoms with Crippen LogP contribution in [0.3, 0.4) is 0 Å². The summed E-state index contributed by atoms with van der Waals surface area (Å²) >= 11 is 0. The van der Waals surface area contributed by atoms with E-state index in [-0.39, 0.29) is 24.2 Å². The standard InChI is InChI=1S/C13H28O3/c1-11(2)8-13(9-14,10-15)6-7-16-12(3,4)5/h11,14-15H,6-10H2,1-5H3. The van der Waals surface area contributed by atoms with Crippen LogP contribution < -0.4 is 0 Å². The van der Waals surface area contributed by atoms with Gasteiger partial charge in [-0.1, -0.05) is 13.8 Å². The molecule has 0 rings (SSSR count). The zero-order valence-electron chi connectivity index (χ0n) is 11.4. The lowest BCUT2D eigenvalue weighted by molar-refractivity contribution is -0.0443. The summed E-state index contributed by atoms with van der Waals surface area (Å²) in [7, 11) is 0. The third-order valence-corrected chi connectivity index (χ3v) is 2.68. The molecule has 2 N–H and O–H groups in total. The Kier molecular flexibility index (Phi) is 6.53. The molecule has 0 aromatic rings. The molecule has 98 valence electrons. The van der Waals surface area contributed by atoms with Crippen LogP contribution in [-0.4, -0.2) is 35.6 Å². The van der Waals surface area contributed by atoms with Gasteiger partial charge in [0.15, 0.2) is 0 Å². The van der Waals surface area contributed by atoms with Crippen molar-refractivity contribution < 1.29 is 14.9 Å². The molecule has 0 amide bonds. The first-order chi connectivity index (χ1) is 7.24. The third kappa shape index (κ3) is 6.46. The number of rotatable bonds is 7. The van der Waals surface area contributed by atoms with Gasteiger partial charge in [0, 0.05) is 12.0 Å². The summed E-state index contributed by atoms with van der Waals surface area (Å²) in [4.78, 5) is 0. The van der Waals surface area contributed by atoms with Gasteiger partial charge in [-0.15, -0.1) is 0 Å². The van der Waals surface area contributed by atoms with Crippen LogP contribution in [0.4, 0.5) is 0 Å². The summed E-state index contributed by atoms with van der Waals surface area (Å²) < 4.78 is 5.65. The van der Waals surface area contributed by atoms with Crippen molar-refractivity contribution in [3.8, 4) is 0 Å². The van der Waals surface area contributed by atoms with Gasteiger partial charge in [-0.25, -0.2) is 0 Å². The maximum Gasteiger partial charge on any atom is 0.0598 e. The summed E-state index contributed by atoms with van der Waals surface area (Å²) in [6.07, 6.45) is 1.53. The molecule has 0 saturated carbocycles. The molecule has 3 heteroatoms. The van der Waals surface area contributed by atoms with Crippen LogP contribution in [0.15, 0.2) is 0 Å². The third-order valence-electron chi connectivity index (χ3n) is 2.68. The molecular weight excluding hydrogens is 204 g/mol. The lowest BCUT2D eigenvalue weighted by Gasteiger charge is -2.32. The minimum atomic E-state index is -0.389. The summed E-state index contributed by atoms with van der Waals surface area (Å²) in [6.45, 7) is 10.9. The first-order valence-corrected chi connectivity index (χ1v) is 6.10. The van der Waals surface area contributed by atoms with Gasteiger partial charge in [0.25, 0.3) is 0 Å². The summed E-state index contributed by atoms with van der Waals surface area (Å²) in [5.74, 6) is 0.467. The topological polar surface area (TPSA) is 49.7 Å². The quantitative estimate of drug-likeness (QED) is 0.707. The molecule has 0 spiro atoms. The second-order valence-corrected chi connectivity index (χ2v) is 6.13. The highest BCUT2D eigenvalue weighted by molar-refractivity contribution is 4.79. The van der Waals surface area contributed by atoms with Gasteiger partial charge < -0.3 is 14.9 Å². The van der Waals surface area contributed by atoms with E-state index in [2.05, 4.69) is 13.8 Å². The van der Waals surface area contributed by atoms with Crippen LogP contribution in [0, 0.1) is 11.3 Å². The van der Waals surface area contributed by atoms with Crippen LogP contribution in [-0.2, 0) is 4.74 Å². The van der Waals surface area contributed by atoms with Crippen molar-refractivity contribution in [3.05, 3.63) is 0 Å². The summed E-state index contributed by atoms with van der Waals surface area (Å²) in [6, 6.07) is 0. The van der Waals surface area contributed by atoms with Crippen LogP contribution in [0.1, 0.15) is 47.5 Å². The molecule has 0 aliphatic rings. The number of aliphatic hydroxyl groups excluding tert-OH is 2. The van der Waals surface area contributed by atoms with Gasteiger partial charge >= 0.3 is 0 Å². The van der Waals surface area contributed by atoms with E-state index in [9.17, 15) is 10.2 Å². The molecule has 0 aromatic heterocycles. The lowest BCUT2D eigenvalue weighted by atomic mass is 9.79. The van der Waals surface area contributed by atoms with E-state index >= 15 is 0 Å².